The highest BCUT2D eigenvalue weighted by molar-refractivity contribution is 5.42. The molecule has 0 spiro atoms. The first kappa shape index (κ1) is 10.3. The van der Waals surface area contributed by atoms with Gasteiger partial charge in [-0.1, -0.05) is 36.9 Å². The van der Waals surface area contributed by atoms with Crippen LogP contribution in [0.4, 0.5) is 0 Å². The fourth-order valence-electron chi connectivity index (χ4n) is 1.34. The molecule has 16 heavy (non-hydrogen) atoms. The summed E-state index contributed by atoms with van der Waals surface area (Å²) in [5.74, 6) is 2.11. The first-order valence-corrected chi connectivity index (χ1v) is 4.99. The zero-order valence-electron chi connectivity index (χ0n) is 8.80. The second-order valence-electron chi connectivity index (χ2n) is 3.15. The second-order valence-corrected chi connectivity index (χ2v) is 3.15. The Kier molecular flexibility index (Phi) is 3.24. The monoisotopic (exact) mass is 212 g/mol. The van der Waals surface area contributed by atoms with Crippen LogP contribution in [-0.4, -0.2) is 0 Å². The highest BCUT2D eigenvalue weighted by Gasteiger charge is 2.03. The number of benzene rings is 2. The van der Waals surface area contributed by atoms with Crippen LogP contribution >= 0.6 is 0 Å². The number of hydrogen-bond acceptors (Lipinski definition) is 2. The lowest BCUT2D eigenvalue weighted by molar-refractivity contribution is 0.419. The molecule has 0 aliphatic rings. The molecule has 0 fully saturated rings. The normalized spacial score (nSPS) is 9.50. The standard InChI is InChI=1S/C14H12O2/c1-2-15-13-10-6-7-11-14(13)16-12-8-4-3-5-9-12/h2-11H,1H2. The second kappa shape index (κ2) is 5.03. The molecule has 2 nitrogen and oxygen atoms in total. The predicted molar refractivity (Wildman–Crippen MR) is 63.8 cm³/mol. The van der Waals surface area contributed by atoms with Crippen LogP contribution in [0.2, 0.25) is 0 Å². The van der Waals surface area contributed by atoms with Gasteiger partial charge in [0, 0.05) is 0 Å². The third-order valence-corrected chi connectivity index (χ3v) is 2.03. The van der Waals surface area contributed by atoms with Crippen LogP contribution in [0.25, 0.3) is 0 Å². The number of hydrogen-bond donors (Lipinski definition) is 0. The molecule has 0 bridgehead atoms. The summed E-state index contributed by atoms with van der Waals surface area (Å²) in [5, 5.41) is 0. The van der Waals surface area contributed by atoms with Gasteiger partial charge in [-0.25, -0.2) is 0 Å². The van der Waals surface area contributed by atoms with Crippen LogP contribution in [0.3, 0.4) is 0 Å². The Morgan fingerprint density at radius 3 is 2.12 bits per heavy atom. The molecule has 0 N–H and O–H groups in total. The summed E-state index contributed by atoms with van der Waals surface area (Å²) in [6.45, 7) is 3.53. The van der Waals surface area contributed by atoms with Crippen molar-refractivity contribution < 1.29 is 9.47 Å². The topological polar surface area (TPSA) is 18.5 Å². The lowest BCUT2D eigenvalue weighted by atomic mass is 10.3. The minimum absolute atomic E-state index is 0.654. The Morgan fingerprint density at radius 2 is 1.44 bits per heavy atom. The van der Waals surface area contributed by atoms with E-state index in [2.05, 4.69) is 6.58 Å². The van der Waals surface area contributed by atoms with E-state index in [9.17, 15) is 0 Å². The van der Waals surface area contributed by atoms with Gasteiger partial charge >= 0.3 is 0 Å². The van der Waals surface area contributed by atoms with Crippen LogP contribution in [0.5, 0.6) is 17.2 Å². The number of ether oxygens (including phenoxy) is 2. The van der Waals surface area contributed by atoms with Crippen molar-refractivity contribution >= 4 is 0 Å². The highest BCUT2D eigenvalue weighted by atomic mass is 16.5. The van der Waals surface area contributed by atoms with Gasteiger partial charge in [-0.15, -0.1) is 0 Å². The molecular weight excluding hydrogens is 200 g/mol. The van der Waals surface area contributed by atoms with E-state index in [1.807, 2.05) is 54.6 Å². The first-order valence-electron chi connectivity index (χ1n) is 4.99. The summed E-state index contributed by atoms with van der Waals surface area (Å²) >= 11 is 0. The van der Waals surface area contributed by atoms with Crippen molar-refractivity contribution in [1.29, 1.82) is 0 Å². The van der Waals surface area contributed by atoms with Crippen molar-refractivity contribution in [1.82, 2.24) is 0 Å². The van der Waals surface area contributed by atoms with Gasteiger partial charge < -0.3 is 9.47 Å². The molecule has 0 aliphatic carbocycles. The largest absolute Gasteiger partial charge is 0.462 e. The van der Waals surface area contributed by atoms with Crippen LogP contribution in [0, 0.1) is 0 Å². The first-order chi connectivity index (χ1) is 7.90. The highest BCUT2D eigenvalue weighted by Crippen LogP contribution is 2.30. The molecule has 0 atom stereocenters. The molecule has 0 saturated carbocycles. The van der Waals surface area contributed by atoms with E-state index >= 15 is 0 Å². The van der Waals surface area contributed by atoms with Crippen molar-refractivity contribution in [3.05, 3.63) is 67.4 Å². The van der Waals surface area contributed by atoms with Crippen LogP contribution < -0.4 is 9.47 Å². The van der Waals surface area contributed by atoms with Crippen molar-refractivity contribution in [2.75, 3.05) is 0 Å². The molecule has 2 aromatic carbocycles. The molecule has 0 saturated heterocycles. The maximum absolute atomic E-state index is 5.69. The summed E-state index contributed by atoms with van der Waals surface area (Å²) in [6.07, 6.45) is 1.38. The van der Waals surface area contributed by atoms with E-state index in [0.29, 0.717) is 11.5 Å². The Labute approximate surface area is 94.8 Å². The molecule has 0 aliphatic heterocycles. The molecule has 0 heterocycles. The Bertz CT molecular complexity index is 463. The van der Waals surface area contributed by atoms with Crippen molar-refractivity contribution in [2.45, 2.75) is 0 Å². The van der Waals surface area contributed by atoms with Crippen LogP contribution in [0.15, 0.2) is 67.4 Å². The molecular formula is C14H12O2. The van der Waals surface area contributed by atoms with Gasteiger partial charge in [-0.05, 0) is 24.3 Å². The average molecular weight is 212 g/mol. The third kappa shape index (κ3) is 2.42. The lowest BCUT2D eigenvalue weighted by Crippen LogP contribution is -1.88. The van der Waals surface area contributed by atoms with Gasteiger partial charge in [-0.2, -0.15) is 0 Å². The van der Waals surface area contributed by atoms with Crippen LogP contribution in [-0.2, 0) is 0 Å². The maximum Gasteiger partial charge on any atom is 0.169 e. The summed E-state index contributed by atoms with van der Waals surface area (Å²) in [7, 11) is 0. The molecule has 2 rings (SSSR count). The zero-order chi connectivity index (χ0) is 11.2. The van der Waals surface area contributed by atoms with Gasteiger partial charge in [0.15, 0.2) is 11.5 Å². The Hall–Kier alpha value is -2.22. The van der Waals surface area contributed by atoms with E-state index in [-0.39, 0.29) is 0 Å². The van der Waals surface area contributed by atoms with E-state index in [1.165, 1.54) is 6.26 Å². The van der Waals surface area contributed by atoms with E-state index < -0.39 is 0 Å². The van der Waals surface area contributed by atoms with Crippen molar-refractivity contribution in [2.24, 2.45) is 0 Å². The third-order valence-electron chi connectivity index (χ3n) is 2.03. The van der Waals surface area contributed by atoms with E-state index in [1.54, 1.807) is 0 Å². The molecule has 2 heteroatoms. The quantitative estimate of drug-likeness (QED) is 0.713. The van der Waals surface area contributed by atoms with Gasteiger partial charge in [0.2, 0.25) is 0 Å². The van der Waals surface area contributed by atoms with Gasteiger partial charge in [0.05, 0.1) is 6.26 Å². The maximum atomic E-state index is 5.69. The van der Waals surface area contributed by atoms with Crippen molar-refractivity contribution in [3.63, 3.8) is 0 Å². The summed E-state index contributed by atoms with van der Waals surface area (Å²) in [4.78, 5) is 0. The minimum atomic E-state index is 0.654. The molecule has 80 valence electrons. The number of para-hydroxylation sites is 3. The summed E-state index contributed by atoms with van der Waals surface area (Å²) in [6, 6.07) is 17.0. The predicted octanol–water partition coefficient (Wildman–Crippen LogP) is 4.00. The summed E-state index contributed by atoms with van der Waals surface area (Å²) in [5.41, 5.74) is 0. The number of rotatable bonds is 4. The van der Waals surface area contributed by atoms with E-state index in [0.717, 1.165) is 5.75 Å². The summed E-state index contributed by atoms with van der Waals surface area (Å²) < 4.78 is 10.9. The molecule has 0 amide bonds. The minimum Gasteiger partial charge on any atom is -0.462 e. The molecule has 2 aromatic rings. The molecule has 0 radical (unpaired) electrons. The zero-order valence-corrected chi connectivity index (χ0v) is 8.80. The van der Waals surface area contributed by atoms with Gasteiger partial charge in [-0.3, -0.25) is 0 Å². The van der Waals surface area contributed by atoms with Gasteiger partial charge in [0.25, 0.3) is 0 Å². The van der Waals surface area contributed by atoms with Crippen LogP contribution in [0.1, 0.15) is 0 Å². The fourth-order valence-corrected chi connectivity index (χ4v) is 1.34. The Balaban J connectivity index is 2.24. The average Bonchev–Trinajstić information content (AvgIpc) is 2.33. The smallest absolute Gasteiger partial charge is 0.169 e. The van der Waals surface area contributed by atoms with Crippen molar-refractivity contribution in [3.8, 4) is 17.2 Å². The fraction of sp³-hybridized carbons (Fsp3) is 0. The van der Waals surface area contributed by atoms with Gasteiger partial charge in [0.1, 0.15) is 5.75 Å². The van der Waals surface area contributed by atoms with E-state index in [4.69, 9.17) is 9.47 Å². The SMILES string of the molecule is C=COc1ccccc1Oc1ccccc1. The lowest BCUT2D eigenvalue weighted by Gasteiger charge is -2.09. The Morgan fingerprint density at radius 1 is 0.812 bits per heavy atom. The molecule has 0 aromatic heterocycles. The molecule has 0 unspecified atom stereocenters.